The van der Waals surface area contributed by atoms with Crippen LogP contribution < -0.4 is 0 Å². The Bertz CT molecular complexity index is 451. The summed E-state index contributed by atoms with van der Waals surface area (Å²) in [5.41, 5.74) is -0.354. The Morgan fingerprint density at radius 1 is 1.24 bits per heavy atom. The lowest BCUT2D eigenvalue weighted by Gasteiger charge is -2.07. The van der Waals surface area contributed by atoms with Crippen molar-refractivity contribution in [2.24, 2.45) is 0 Å². The third-order valence-corrected chi connectivity index (χ3v) is 2.18. The number of methoxy groups -OCH3 is 2. The average molecular weight is 279 g/mol. The van der Waals surface area contributed by atoms with Crippen molar-refractivity contribution >= 4 is 35.1 Å². The quantitative estimate of drug-likeness (QED) is 0.616. The van der Waals surface area contributed by atoms with Crippen LogP contribution >= 0.6 is 23.2 Å². The van der Waals surface area contributed by atoms with Gasteiger partial charge in [-0.2, -0.15) is 0 Å². The molecule has 0 aliphatic heterocycles. The van der Waals surface area contributed by atoms with Gasteiger partial charge in [0.1, 0.15) is 5.56 Å². The Morgan fingerprint density at radius 3 is 2.29 bits per heavy atom. The first-order valence-corrected chi connectivity index (χ1v) is 5.20. The SMILES string of the molecule is COC(=O)c1cnc(C(Cl)Cl)nc1C(=O)OC. The lowest BCUT2D eigenvalue weighted by atomic mass is 10.2. The molecule has 0 spiro atoms. The van der Waals surface area contributed by atoms with E-state index in [1.54, 1.807) is 0 Å². The Balaban J connectivity index is 3.31. The Labute approximate surface area is 107 Å². The van der Waals surface area contributed by atoms with E-state index >= 15 is 0 Å². The molecule has 1 aromatic heterocycles. The van der Waals surface area contributed by atoms with Crippen molar-refractivity contribution in [2.45, 2.75) is 4.84 Å². The molecule has 1 aromatic rings. The number of halogens is 2. The largest absolute Gasteiger partial charge is 0.465 e. The van der Waals surface area contributed by atoms with E-state index < -0.39 is 16.8 Å². The number of hydrogen-bond acceptors (Lipinski definition) is 6. The Morgan fingerprint density at radius 2 is 1.82 bits per heavy atom. The van der Waals surface area contributed by atoms with Crippen LogP contribution in [0.4, 0.5) is 0 Å². The monoisotopic (exact) mass is 278 g/mol. The molecule has 0 radical (unpaired) electrons. The number of aromatic nitrogens is 2. The molecule has 0 aliphatic rings. The van der Waals surface area contributed by atoms with Crippen molar-refractivity contribution in [1.29, 1.82) is 0 Å². The highest BCUT2D eigenvalue weighted by Crippen LogP contribution is 2.22. The maximum absolute atomic E-state index is 11.4. The van der Waals surface area contributed by atoms with E-state index in [2.05, 4.69) is 19.4 Å². The lowest BCUT2D eigenvalue weighted by Crippen LogP contribution is -2.16. The van der Waals surface area contributed by atoms with Gasteiger partial charge in [-0.1, -0.05) is 23.2 Å². The number of alkyl halides is 2. The molecule has 0 atom stereocenters. The van der Waals surface area contributed by atoms with Crippen LogP contribution in [0.1, 0.15) is 31.5 Å². The summed E-state index contributed by atoms with van der Waals surface area (Å²) in [6, 6.07) is 0. The van der Waals surface area contributed by atoms with Gasteiger partial charge in [-0.25, -0.2) is 19.6 Å². The summed E-state index contributed by atoms with van der Waals surface area (Å²) in [5, 5.41) is 0. The molecule has 92 valence electrons. The number of ether oxygens (including phenoxy) is 2. The van der Waals surface area contributed by atoms with Crippen molar-refractivity contribution in [1.82, 2.24) is 9.97 Å². The maximum Gasteiger partial charge on any atom is 0.357 e. The second-order valence-electron chi connectivity index (χ2n) is 2.77. The predicted octanol–water partition coefficient (Wildman–Crippen LogP) is 1.53. The zero-order valence-corrected chi connectivity index (χ0v) is 10.4. The first-order valence-electron chi connectivity index (χ1n) is 4.33. The highest BCUT2D eigenvalue weighted by Gasteiger charge is 2.23. The molecular weight excluding hydrogens is 271 g/mol. The summed E-state index contributed by atoms with van der Waals surface area (Å²) in [7, 11) is 2.33. The second-order valence-corrected chi connectivity index (χ2v) is 3.87. The van der Waals surface area contributed by atoms with E-state index in [0.29, 0.717) is 0 Å². The minimum atomic E-state index is -1.01. The number of hydrogen-bond donors (Lipinski definition) is 0. The van der Waals surface area contributed by atoms with E-state index in [9.17, 15) is 9.59 Å². The molecule has 6 nitrogen and oxygen atoms in total. The van der Waals surface area contributed by atoms with E-state index in [4.69, 9.17) is 23.2 Å². The number of carbonyl (C=O) groups is 2. The van der Waals surface area contributed by atoms with Crippen molar-refractivity contribution in [3.63, 3.8) is 0 Å². The molecule has 0 fully saturated rings. The van der Waals surface area contributed by atoms with Gasteiger partial charge in [-0.15, -0.1) is 0 Å². The van der Waals surface area contributed by atoms with E-state index in [1.807, 2.05) is 0 Å². The molecule has 0 aromatic carbocycles. The van der Waals surface area contributed by atoms with E-state index in [1.165, 1.54) is 7.11 Å². The molecule has 0 amide bonds. The van der Waals surface area contributed by atoms with Gasteiger partial charge in [0.05, 0.1) is 14.2 Å². The molecule has 17 heavy (non-hydrogen) atoms. The molecule has 8 heteroatoms. The number of esters is 2. The van der Waals surface area contributed by atoms with Gasteiger partial charge in [-0.05, 0) is 0 Å². The van der Waals surface area contributed by atoms with Gasteiger partial charge >= 0.3 is 11.9 Å². The highest BCUT2D eigenvalue weighted by molar-refractivity contribution is 6.43. The fourth-order valence-corrected chi connectivity index (χ4v) is 1.22. The van der Waals surface area contributed by atoms with Crippen LogP contribution in [0.5, 0.6) is 0 Å². The van der Waals surface area contributed by atoms with Crippen molar-refractivity contribution in [3.8, 4) is 0 Å². The summed E-state index contributed by atoms with van der Waals surface area (Å²) in [6.45, 7) is 0. The fourth-order valence-electron chi connectivity index (χ4n) is 1.01. The van der Waals surface area contributed by atoms with Crippen LogP contribution in [-0.2, 0) is 9.47 Å². The van der Waals surface area contributed by atoms with Crippen LogP contribution in [0.2, 0.25) is 0 Å². The normalized spacial score (nSPS) is 10.2. The first-order chi connectivity index (χ1) is 8.01. The molecule has 0 saturated heterocycles. The number of carbonyl (C=O) groups excluding carboxylic acids is 2. The topological polar surface area (TPSA) is 78.4 Å². The van der Waals surface area contributed by atoms with Crippen molar-refractivity contribution in [2.75, 3.05) is 14.2 Å². The second kappa shape index (κ2) is 5.79. The minimum Gasteiger partial charge on any atom is -0.465 e. The van der Waals surface area contributed by atoms with Crippen molar-refractivity contribution in [3.05, 3.63) is 23.3 Å². The maximum atomic E-state index is 11.4. The molecule has 0 unspecified atom stereocenters. The molecule has 0 bridgehead atoms. The summed E-state index contributed by atoms with van der Waals surface area (Å²) in [4.78, 5) is 29.3. The van der Waals surface area contributed by atoms with Gasteiger partial charge in [0.25, 0.3) is 0 Å². The standard InChI is InChI=1S/C9H8Cl2N2O4/c1-16-8(14)4-3-12-7(6(10)11)13-5(4)9(15)17-2/h3,6H,1-2H3. The predicted molar refractivity (Wildman–Crippen MR) is 59.2 cm³/mol. The van der Waals surface area contributed by atoms with Gasteiger partial charge in [0, 0.05) is 6.20 Å². The molecular formula is C9H8Cl2N2O4. The van der Waals surface area contributed by atoms with E-state index in [-0.39, 0.29) is 17.1 Å². The zero-order chi connectivity index (χ0) is 13.0. The molecule has 0 saturated carbocycles. The van der Waals surface area contributed by atoms with Crippen LogP contribution in [0, 0.1) is 0 Å². The smallest absolute Gasteiger partial charge is 0.357 e. The lowest BCUT2D eigenvalue weighted by molar-refractivity contribution is 0.0548. The Hall–Kier alpha value is -1.40. The highest BCUT2D eigenvalue weighted by atomic mass is 35.5. The molecule has 1 rings (SSSR count). The van der Waals surface area contributed by atoms with Crippen LogP contribution in [0.15, 0.2) is 6.20 Å². The zero-order valence-electron chi connectivity index (χ0n) is 8.94. The summed E-state index contributed by atoms with van der Waals surface area (Å²) >= 11 is 11.1. The van der Waals surface area contributed by atoms with Crippen LogP contribution in [0.3, 0.4) is 0 Å². The number of nitrogens with zero attached hydrogens (tertiary/aromatic N) is 2. The third-order valence-electron chi connectivity index (χ3n) is 1.79. The van der Waals surface area contributed by atoms with Gasteiger partial charge in [0.2, 0.25) is 0 Å². The van der Waals surface area contributed by atoms with Crippen molar-refractivity contribution < 1.29 is 19.1 Å². The van der Waals surface area contributed by atoms with Crippen LogP contribution in [0.25, 0.3) is 0 Å². The van der Waals surface area contributed by atoms with Gasteiger partial charge in [0.15, 0.2) is 16.4 Å². The third kappa shape index (κ3) is 3.04. The van der Waals surface area contributed by atoms with E-state index in [0.717, 1.165) is 13.3 Å². The minimum absolute atomic E-state index is 0.00128. The van der Waals surface area contributed by atoms with Gasteiger partial charge in [-0.3, -0.25) is 0 Å². The molecule has 0 N–H and O–H groups in total. The van der Waals surface area contributed by atoms with Crippen LogP contribution in [-0.4, -0.2) is 36.1 Å². The summed E-state index contributed by atoms with van der Waals surface area (Å²) < 4.78 is 8.96. The molecule has 0 aliphatic carbocycles. The first kappa shape index (κ1) is 13.7. The summed E-state index contributed by atoms with van der Waals surface area (Å²) in [6.07, 6.45) is 1.11. The van der Waals surface area contributed by atoms with Gasteiger partial charge < -0.3 is 9.47 Å². The Kier molecular flexibility index (Phi) is 4.65. The fraction of sp³-hybridized carbons (Fsp3) is 0.333. The molecule has 1 heterocycles. The summed E-state index contributed by atoms with van der Waals surface area (Å²) in [5.74, 6) is -1.55. The average Bonchev–Trinajstić information content (AvgIpc) is 2.35. The number of rotatable bonds is 3.